The van der Waals surface area contributed by atoms with E-state index in [0.717, 1.165) is 78.9 Å². The van der Waals surface area contributed by atoms with Crippen molar-refractivity contribution >= 4 is 21.8 Å². The molecule has 0 bridgehead atoms. The highest BCUT2D eigenvalue weighted by Crippen LogP contribution is 2.53. The van der Waals surface area contributed by atoms with Crippen molar-refractivity contribution in [1.82, 2.24) is 20.3 Å². The van der Waals surface area contributed by atoms with Crippen LogP contribution >= 0.6 is 0 Å². The first-order chi connectivity index (χ1) is 25.8. The third-order valence-electron chi connectivity index (χ3n) is 10.7. The highest BCUT2D eigenvalue weighted by Gasteiger charge is 2.53. The second-order valence-corrected chi connectivity index (χ2v) is 13.6. The Labute approximate surface area is 302 Å². The molecule has 5 nitrogen and oxygen atoms in total. The van der Waals surface area contributed by atoms with Crippen molar-refractivity contribution < 1.29 is 4.74 Å². The lowest BCUT2D eigenvalue weighted by molar-refractivity contribution is 0.188. The maximum atomic E-state index is 6.74. The molecule has 1 aliphatic carbocycles. The number of dihydropyridines is 1. The topological polar surface area (TPSA) is 59.9 Å². The normalized spacial score (nSPS) is 20.1. The van der Waals surface area contributed by atoms with Crippen molar-refractivity contribution in [2.45, 2.75) is 24.0 Å². The maximum absolute atomic E-state index is 6.74. The third kappa shape index (κ3) is 4.89. The highest BCUT2D eigenvalue weighted by atomic mass is 16.5. The van der Waals surface area contributed by atoms with Crippen molar-refractivity contribution in [3.8, 4) is 39.4 Å². The number of allylic oxidation sites excluding steroid dienone is 4. The summed E-state index contributed by atoms with van der Waals surface area (Å²) in [6, 6.07) is 44.5. The highest BCUT2D eigenvalue weighted by molar-refractivity contribution is 6.04. The minimum atomic E-state index is -0.576. The summed E-state index contributed by atoms with van der Waals surface area (Å²) in [6.07, 6.45) is 17.7. The van der Waals surface area contributed by atoms with E-state index in [9.17, 15) is 0 Å². The number of hydrogen-bond acceptors (Lipinski definition) is 5. The van der Waals surface area contributed by atoms with E-state index in [2.05, 4.69) is 139 Å². The van der Waals surface area contributed by atoms with E-state index in [1.807, 2.05) is 42.7 Å². The van der Waals surface area contributed by atoms with Gasteiger partial charge >= 0.3 is 0 Å². The molecule has 0 saturated heterocycles. The zero-order valence-electron chi connectivity index (χ0n) is 28.4. The number of nitrogens with one attached hydrogen (secondary N) is 1. The van der Waals surface area contributed by atoms with Gasteiger partial charge in [-0.2, -0.15) is 0 Å². The van der Waals surface area contributed by atoms with Crippen LogP contribution < -0.4 is 10.1 Å². The number of nitrogens with zero attached hydrogens (tertiary/aromatic N) is 3. The molecule has 3 aliphatic rings. The van der Waals surface area contributed by atoms with Crippen LogP contribution in [0.25, 0.3) is 55.4 Å². The minimum Gasteiger partial charge on any atom is -0.485 e. The van der Waals surface area contributed by atoms with Crippen LogP contribution in [0.15, 0.2) is 182 Å². The minimum absolute atomic E-state index is 0.0544. The Morgan fingerprint density at radius 3 is 2.04 bits per heavy atom. The molecular formula is C47H34N4O. The van der Waals surface area contributed by atoms with Crippen molar-refractivity contribution in [3.63, 3.8) is 0 Å². The lowest BCUT2D eigenvalue weighted by Crippen LogP contribution is -2.54. The van der Waals surface area contributed by atoms with Gasteiger partial charge < -0.3 is 10.1 Å². The zero-order chi connectivity index (χ0) is 34.5. The van der Waals surface area contributed by atoms with Gasteiger partial charge in [-0.25, -0.2) is 9.97 Å². The van der Waals surface area contributed by atoms with Crippen LogP contribution in [-0.2, 0) is 5.41 Å². The second kappa shape index (κ2) is 12.3. The Morgan fingerprint density at radius 2 is 1.33 bits per heavy atom. The number of hydrogen-bond donors (Lipinski definition) is 1. The molecule has 5 heterocycles. The van der Waals surface area contributed by atoms with E-state index in [-0.39, 0.29) is 12.1 Å². The van der Waals surface area contributed by atoms with Crippen LogP contribution in [0, 0.1) is 0 Å². The van der Waals surface area contributed by atoms with Gasteiger partial charge in [0.2, 0.25) is 0 Å². The summed E-state index contributed by atoms with van der Waals surface area (Å²) in [4.78, 5) is 15.3. The van der Waals surface area contributed by atoms with Gasteiger partial charge in [0, 0.05) is 40.1 Å². The molecule has 0 radical (unpaired) electrons. The molecule has 3 aromatic heterocycles. The van der Waals surface area contributed by atoms with Gasteiger partial charge in [0.05, 0.1) is 39.6 Å². The number of rotatable bonds is 5. The summed E-state index contributed by atoms with van der Waals surface area (Å²) in [5.41, 5.74) is 10.8. The Morgan fingerprint density at radius 1 is 0.635 bits per heavy atom. The van der Waals surface area contributed by atoms with E-state index < -0.39 is 5.41 Å². The van der Waals surface area contributed by atoms with Crippen molar-refractivity contribution in [2.24, 2.45) is 0 Å². The van der Waals surface area contributed by atoms with Crippen LogP contribution in [-0.4, -0.2) is 27.1 Å². The van der Waals surface area contributed by atoms with Gasteiger partial charge in [-0.05, 0) is 65.4 Å². The maximum Gasteiger partial charge on any atom is 0.125 e. The van der Waals surface area contributed by atoms with Crippen molar-refractivity contribution in [3.05, 3.63) is 193 Å². The van der Waals surface area contributed by atoms with Crippen LogP contribution in [0.3, 0.4) is 0 Å². The first kappa shape index (κ1) is 30.3. The van der Waals surface area contributed by atoms with Crippen LogP contribution in [0.2, 0.25) is 0 Å². The number of ether oxygens (including phenoxy) is 1. The zero-order valence-corrected chi connectivity index (χ0v) is 28.4. The van der Waals surface area contributed by atoms with Gasteiger partial charge in [0.15, 0.2) is 0 Å². The molecule has 3 atom stereocenters. The summed E-state index contributed by atoms with van der Waals surface area (Å²) < 4.78 is 6.74. The van der Waals surface area contributed by atoms with Crippen molar-refractivity contribution in [2.75, 3.05) is 0 Å². The fraction of sp³-hybridized carbons (Fsp3) is 0.0851. The molecule has 1 N–H and O–H groups in total. The molecule has 7 aromatic rings. The average molecular weight is 671 g/mol. The number of fused-ring (bicyclic) bond motifs is 5. The fourth-order valence-electron chi connectivity index (χ4n) is 8.17. The van der Waals surface area contributed by atoms with Gasteiger partial charge in [-0.3, -0.25) is 4.98 Å². The first-order valence-corrected chi connectivity index (χ1v) is 17.8. The van der Waals surface area contributed by atoms with Crippen LogP contribution in [0.5, 0.6) is 5.75 Å². The monoisotopic (exact) mass is 670 g/mol. The fourth-order valence-corrected chi connectivity index (χ4v) is 8.17. The van der Waals surface area contributed by atoms with Gasteiger partial charge in [0.1, 0.15) is 11.9 Å². The lowest BCUT2D eigenvalue weighted by atomic mass is 9.61. The molecule has 4 aromatic carbocycles. The van der Waals surface area contributed by atoms with E-state index >= 15 is 0 Å². The number of aromatic nitrogens is 3. The Balaban J connectivity index is 1.06. The van der Waals surface area contributed by atoms with E-state index in [1.165, 1.54) is 5.57 Å². The van der Waals surface area contributed by atoms with Gasteiger partial charge in [0.25, 0.3) is 0 Å². The second-order valence-electron chi connectivity index (χ2n) is 13.6. The molecule has 52 heavy (non-hydrogen) atoms. The summed E-state index contributed by atoms with van der Waals surface area (Å²) in [5, 5.41) is 5.83. The largest absolute Gasteiger partial charge is 0.485 e. The van der Waals surface area contributed by atoms with Crippen molar-refractivity contribution in [1.29, 1.82) is 0 Å². The summed E-state index contributed by atoms with van der Waals surface area (Å²) in [6.45, 7) is 0. The quantitative estimate of drug-likeness (QED) is 0.185. The van der Waals surface area contributed by atoms with E-state index in [0.29, 0.717) is 0 Å². The summed E-state index contributed by atoms with van der Waals surface area (Å²) in [5.74, 6) is 0.893. The molecule has 0 amide bonds. The third-order valence-corrected chi connectivity index (χ3v) is 10.7. The summed E-state index contributed by atoms with van der Waals surface area (Å²) >= 11 is 0. The molecule has 2 aliphatic heterocycles. The Bertz CT molecular complexity index is 2610. The predicted molar refractivity (Wildman–Crippen MR) is 210 cm³/mol. The standard InChI is InChI=1S/C47H34N4O/c1-2-10-32(11-3-1)39-25-22-34-20-21-35-23-26-40(51-46(35)45(34)50-39)33-18-16-31(17-19-33)36-24-27-42-38(30-36)47(43-14-6-8-28-48-43,44-15-7-9-29-49-44)37-12-4-5-13-41(37)52-42/h1-12,14-30,41,43,48H,13H2. The summed E-state index contributed by atoms with van der Waals surface area (Å²) in [7, 11) is 0. The molecule has 3 unspecified atom stereocenters. The number of benzene rings is 4. The predicted octanol–water partition coefficient (Wildman–Crippen LogP) is 10.2. The van der Waals surface area contributed by atoms with E-state index in [4.69, 9.17) is 19.7 Å². The lowest BCUT2D eigenvalue weighted by Gasteiger charge is -2.49. The molecule has 0 fully saturated rings. The molecule has 248 valence electrons. The Kier molecular flexibility index (Phi) is 7.17. The molecule has 0 saturated carbocycles. The molecule has 0 spiro atoms. The van der Waals surface area contributed by atoms with Crippen LogP contribution in [0.4, 0.5) is 0 Å². The molecular weight excluding hydrogens is 637 g/mol. The first-order valence-electron chi connectivity index (χ1n) is 17.8. The van der Waals surface area contributed by atoms with Gasteiger partial charge in [-0.15, -0.1) is 0 Å². The molecule has 10 rings (SSSR count). The Hall–Kier alpha value is -6.59. The van der Waals surface area contributed by atoms with Gasteiger partial charge in [-0.1, -0.05) is 121 Å². The molecule has 5 heteroatoms. The van der Waals surface area contributed by atoms with E-state index in [1.54, 1.807) is 0 Å². The smallest absolute Gasteiger partial charge is 0.125 e. The SMILES string of the molecule is C1=CCC2Oc3ccc(-c4ccc(-c5ccc6ccc7ccc(-c8ccccc8)nc7c6n5)cc4)cc3C(c3ccccn3)(C3C=CC=CN3)C2=C1. The average Bonchev–Trinajstić information content (AvgIpc) is 3.23. The van der Waals surface area contributed by atoms with Crippen LogP contribution in [0.1, 0.15) is 17.7 Å². The number of pyridine rings is 3.